The minimum atomic E-state index is -3.60. The van der Waals surface area contributed by atoms with Gasteiger partial charge < -0.3 is 4.52 Å². The Morgan fingerprint density at radius 3 is 2.60 bits per heavy atom. The molecule has 0 spiro atoms. The maximum atomic E-state index is 12.1. The van der Waals surface area contributed by atoms with Crippen molar-refractivity contribution in [3.05, 3.63) is 46.3 Å². The molecule has 2 rings (SSSR count). The minimum absolute atomic E-state index is 0.0837. The van der Waals surface area contributed by atoms with Crippen LogP contribution in [0.1, 0.15) is 17.0 Å². The second-order valence-corrected chi connectivity index (χ2v) is 6.52. The smallest absolute Gasteiger partial charge is 0.242 e. The molecule has 0 aliphatic heterocycles. The molecule has 20 heavy (non-hydrogen) atoms. The number of sulfonamides is 1. The molecule has 7 heteroatoms. The van der Waals surface area contributed by atoms with Crippen molar-refractivity contribution < 1.29 is 12.9 Å². The topological polar surface area (TPSA) is 72.2 Å². The maximum absolute atomic E-state index is 12.1. The van der Waals surface area contributed by atoms with E-state index < -0.39 is 10.0 Å². The summed E-state index contributed by atoms with van der Waals surface area (Å²) in [4.78, 5) is 0.0837. The molecular formula is C13H15ClN2O3S. The predicted octanol–water partition coefficient (Wildman–Crippen LogP) is 2.47. The summed E-state index contributed by atoms with van der Waals surface area (Å²) >= 11 is 5.89. The zero-order chi connectivity index (χ0) is 14.8. The number of benzene rings is 1. The molecule has 0 aliphatic rings. The summed E-state index contributed by atoms with van der Waals surface area (Å²) in [6.45, 7) is 3.89. The summed E-state index contributed by atoms with van der Waals surface area (Å²) in [7, 11) is -3.60. The molecule has 0 unspecified atom stereocenters. The Hall–Kier alpha value is -1.37. The lowest BCUT2D eigenvalue weighted by Gasteiger charge is -2.08. The Bertz CT molecular complexity index is 691. The molecule has 0 amide bonds. The van der Waals surface area contributed by atoms with E-state index in [0.29, 0.717) is 12.2 Å². The molecule has 0 bridgehead atoms. The fraction of sp³-hybridized carbons (Fsp3) is 0.308. The SMILES string of the molecule is Cc1noc(C)c1CCNS(=O)(=O)c1ccccc1Cl. The number of aryl methyl sites for hydroxylation is 2. The fourth-order valence-corrected chi connectivity index (χ4v) is 3.46. The van der Waals surface area contributed by atoms with Crippen LogP contribution in [0.15, 0.2) is 33.7 Å². The van der Waals surface area contributed by atoms with Gasteiger partial charge in [-0.15, -0.1) is 0 Å². The van der Waals surface area contributed by atoms with E-state index in [2.05, 4.69) is 9.88 Å². The van der Waals surface area contributed by atoms with Gasteiger partial charge in [-0.2, -0.15) is 0 Å². The fourth-order valence-electron chi connectivity index (χ4n) is 1.91. The van der Waals surface area contributed by atoms with Gasteiger partial charge in [-0.05, 0) is 32.4 Å². The highest BCUT2D eigenvalue weighted by Gasteiger charge is 2.17. The molecule has 1 aromatic carbocycles. The van der Waals surface area contributed by atoms with E-state index in [9.17, 15) is 8.42 Å². The second kappa shape index (κ2) is 5.95. The molecular weight excluding hydrogens is 300 g/mol. The highest BCUT2D eigenvalue weighted by atomic mass is 35.5. The van der Waals surface area contributed by atoms with Crippen LogP contribution in [-0.2, 0) is 16.4 Å². The lowest BCUT2D eigenvalue weighted by molar-refractivity contribution is 0.392. The van der Waals surface area contributed by atoms with Gasteiger partial charge in [0.1, 0.15) is 10.7 Å². The highest BCUT2D eigenvalue weighted by Crippen LogP contribution is 2.20. The number of halogens is 1. The Morgan fingerprint density at radius 1 is 1.30 bits per heavy atom. The van der Waals surface area contributed by atoms with Gasteiger partial charge >= 0.3 is 0 Å². The normalized spacial score (nSPS) is 11.8. The van der Waals surface area contributed by atoms with Crippen molar-refractivity contribution in [2.75, 3.05) is 6.54 Å². The number of hydrogen-bond donors (Lipinski definition) is 1. The van der Waals surface area contributed by atoms with Gasteiger partial charge in [0.05, 0.1) is 10.7 Å². The zero-order valence-electron chi connectivity index (χ0n) is 11.2. The van der Waals surface area contributed by atoms with E-state index >= 15 is 0 Å². The van der Waals surface area contributed by atoms with Crippen LogP contribution in [0.3, 0.4) is 0 Å². The van der Waals surface area contributed by atoms with E-state index in [1.54, 1.807) is 25.1 Å². The van der Waals surface area contributed by atoms with Crippen molar-refractivity contribution in [3.63, 3.8) is 0 Å². The van der Waals surface area contributed by atoms with Crippen LogP contribution in [0, 0.1) is 13.8 Å². The average Bonchev–Trinajstić information content (AvgIpc) is 2.70. The average molecular weight is 315 g/mol. The molecule has 2 aromatic rings. The van der Waals surface area contributed by atoms with E-state index in [1.165, 1.54) is 6.07 Å². The first-order valence-electron chi connectivity index (χ1n) is 6.08. The molecule has 1 aromatic heterocycles. The molecule has 0 atom stereocenters. The molecule has 0 radical (unpaired) electrons. The second-order valence-electron chi connectivity index (χ2n) is 4.38. The van der Waals surface area contributed by atoms with Crippen LogP contribution in [0.4, 0.5) is 0 Å². The van der Waals surface area contributed by atoms with Crippen molar-refractivity contribution in [2.45, 2.75) is 25.2 Å². The summed E-state index contributed by atoms with van der Waals surface area (Å²) in [6.07, 6.45) is 0.519. The van der Waals surface area contributed by atoms with Gasteiger partial charge in [-0.3, -0.25) is 0 Å². The van der Waals surface area contributed by atoms with E-state index in [4.69, 9.17) is 16.1 Å². The van der Waals surface area contributed by atoms with Crippen molar-refractivity contribution in [1.82, 2.24) is 9.88 Å². The van der Waals surface area contributed by atoms with Gasteiger partial charge in [0, 0.05) is 12.1 Å². The van der Waals surface area contributed by atoms with Crippen LogP contribution in [0.2, 0.25) is 5.02 Å². The van der Waals surface area contributed by atoms with Crippen LogP contribution in [0.5, 0.6) is 0 Å². The van der Waals surface area contributed by atoms with Crippen molar-refractivity contribution in [3.8, 4) is 0 Å². The van der Waals surface area contributed by atoms with E-state index in [-0.39, 0.29) is 16.5 Å². The first-order chi connectivity index (χ1) is 9.42. The monoisotopic (exact) mass is 314 g/mol. The van der Waals surface area contributed by atoms with Gasteiger partial charge in [-0.1, -0.05) is 28.9 Å². The highest BCUT2D eigenvalue weighted by molar-refractivity contribution is 7.89. The molecule has 0 saturated carbocycles. The largest absolute Gasteiger partial charge is 0.361 e. The number of hydrogen-bond acceptors (Lipinski definition) is 4. The first-order valence-corrected chi connectivity index (χ1v) is 7.94. The van der Waals surface area contributed by atoms with E-state index in [0.717, 1.165) is 11.3 Å². The summed E-state index contributed by atoms with van der Waals surface area (Å²) in [5, 5.41) is 4.04. The van der Waals surface area contributed by atoms with E-state index in [1.807, 2.05) is 6.92 Å². The minimum Gasteiger partial charge on any atom is -0.361 e. The van der Waals surface area contributed by atoms with Gasteiger partial charge in [0.15, 0.2) is 0 Å². The number of aromatic nitrogens is 1. The molecule has 1 heterocycles. The lowest BCUT2D eigenvalue weighted by Crippen LogP contribution is -2.26. The molecule has 1 N–H and O–H groups in total. The quantitative estimate of drug-likeness (QED) is 0.920. The zero-order valence-corrected chi connectivity index (χ0v) is 12.8. The molecule has 0 fully saturated rings. The Morgan fingerprint density at radius 2 is 2.00 bits per heavy atom. The number of nitrogens with one attached hydrogen (secondary N) is 1. The predicted molar refractivity (Wildman–Crippen MR) is 76.3 cm³/mol. The van der Waals surface area contributed by atoms with Crippen molar-refractivity contribution in [2.24, 2.45) is 0 Å². The van der Waals surface area contributed by atoms with Crippen LogP contribution in [-0.4, -0.2) is 20.1 Å². The summed E-state index contributed by atoms with van der Waals surface area (Å²) in [5.74, 6) is 0.708. The van der Waals surface area contributed by atoms with Gasteiger partial charge in [0.2, 0.25) is 10.0 Å². The first kappa shape index (κ1) is 15.0. The summed E-state index contributed by atoms with van der Waals surface area (Å²) in [6, 6.07) is 6.34. The molecule has 108 valence electrons. The molecule has 5 nitrogen and oxygen atoms in total. The van der Waals surface area contributed by atoms with Gasteiger partial charge in [-0.25, -0.2) is 13.1 Å². The Labute approximate surface area is 123 Å². The third kappa shape index (κ3) is 3.20. The van der Waals surface area contributed by atoms with Crippen LogP contribution < -0.4 is 4.72 Å². The number of rotatable bonds is 5. The molecule has 0 aliphatic carbocycles. The van der Waals surface area contributed by atoms with Crippen molar-refractivity contribution >= 4 is 21.6 Å². The lowest BCUT2D eigenvalue weighted by atomic mass is 10.1. The van der Waals surface area contributed by atoms with Gasteiger partial charge in [0.25, 0.3) is 0 Å². The Kier molecular flexibility index (Phi) is 4.47. The maximum Gasteiger partial charge on any atom is 0.242 e. The molecule has 0 saturated heterocycles. The van der Waals surface area contributed by atoms with Crippen LogP contribution in [0.25, 0.3) is 0 Å². The van der Waals surface area contributed by atoms with Crippen molar-refractivity contribution in [1.29, 1.82) is 0 Å². The summed E-state index contributed by atoms with van der Waals surface area (Å²) in [5.41, 5.74) is 1.70. The number of nitrogens with zero attached hydrogens (tertiary/aromatic N) is 1. The Balaban J connectivity index is 2.06. The standard InChI is InChI=1S/C13H15ClN2O3S/c1-9-11(10(2)19-16-9)7-8-15-20(17,18)13-6-4-3-5-12(13)14/h3-6,15H,7-8H2,1-2H3. The third-order valence-corrected chi connectivity index (χ3v) is 4.94. The third-order valence-electron chi connectivity index (χ3n) is 2.97. The van der Waals surface area contributed by atoms with Crippen LogP contribution >= 0.6 is 11.6 Å². The summed E-state index contributed by atoms with van der Waals surface area (Å²) < 4.78 is 31.8.